The number of aliphatic imine (C=N–C) groups is 1. The van der Waals surface area contributed by atoms with Gasteiger partial charge in [-0.1, -0.05) is 51.8 Å². The van der Waals surface area contributed by atoms with Gasteiger partial charge < -0.3 is 53.7 Å². The summed E-state index contributed by atoms with van der Waals surface area (Å²) in [6.45, 7) is 10.5. The number of carbonyl (C=O) groups excluding carboxylic acids is 5. The number of imidazole rings is 1. The minimum Gasteiger partial charge on any atom is -0.457 e. The number of esters is 2. The molecule has 4 N–H and O–H groups in total. The fourth-order valence-corrected chi connectivity index (χ4v) is 7.60. The highest BCUT2D eigenvalue weighted by Crippen LogP contribution is 2.32. The van der Waals surface area contributed by atoms with Crippen LogP contribution in [0.4, 0.5) is 5.95 Å². The van der Waals surface area contributed by atoms with Crippen molar-refractivity contribution >= 4 is 53.0 Å². The van der Waals surface area contributed by atoms with Crippen molar-refractivity contribution in [2.24, 2.45) is 10.9 Å². The standard InChI is InChI=1S/C39H60N2O11.C8H10N6O/c1-6-30-27(4)36(52-38(46)29-17-11-10-12-18-29)35(41-28(5)43)39(51-30)48-24-16-13-19-33(44)40-22-14-8-9-15-23-47-37-31(7-2)49-25-32(37)50-34(45)21-20-26(3)42;1-14(2)4-11-8-12-6-5(7(15)13-8)9-3-10-6/h10-12,17-18,27,30-32,35-37,39H,6-9,13-16,19-25H2,1-5H3,(H,40,44)(H,41,43);3-4H,1-2H3,(H2,9,10,12,13,15)/t27-,30+,31+,32+,35+,36-,37?,39+;/m0./s1. The van der Waals surface area contributed by atoms with Gasteiger partial charge in [0.05, 0.1) is 43.5 Å². The van der Waals surface area contributed by atoms with Crippen molar-refractivity contribution in [1.29, 1.82) is 0 Å². The Labute approximate surface area is 392 Å². The SMILES string of the molecule is CC[C@H]1OC[C@@H](OC(=O)CCC(C)=O)C1OCCCCCCNC(=O)CCCCO[C@@H]1O[C@H](CC)[C@H](C)[C@H](OC(=O)c2ccccc2)[C@H]1NC(C)=O.CN(C)C=Nc1nc2nc[nH]c2c(=O)[nH]1. The van der Waals surface area contributed by atoms with E-state index in [1.165, 1.54) is 20.2 Å². The quantitative estimate of drug-likeness (QED) is 0.0389. The summed E-state index contributed by atoms with van der Waals surface area (Å²) < 4.78 is 35.7. The van der Waals surface area contributed by atoms with Crippen molar-refractivity contribution in [3.63, 3.8) is 0 Å². The van der Waals surface area contributed by atoms with Crippen LogP contribution in [0.2, 0.25) is 0 Å². The van der Waals surface area contributed by atoms with E-state index in [2.05, 4.69) is 35.6 Å². The van der Waals surface area contributed by atoms with Crippen LogP contribution in [0.25, 0.3) is 11.2 Å². The maximum Gasteiger partial charge on any atom is 0.338 e. The number of benzene rings is 1. The van der Waals surface area contributed by atoms with Gasteiger partial charge in [-0.25, -0.2) is 14.8 Å². The third-order valence-electron chi connectivity index (χ3n) is 11.1. The highest BCUT2D eigenvalue weighted by Gasteiger charge is 2.46. The lowest BCUT2D eigenvalue weighted by molar-refractivity contribution is -0.249. The van der Waals surface area contributed by atoms with Crippen LogP contribution < -0.4 is 16.2 Å². The number of carbonyl (C=O) groups is 5. The predicted molar refractivity (Wildman–Crippen MR) is 249 cm³/mol. The molecule has 2 amide bonds. The molecule has 20 nitrogen and oxygen atoms in total. The second kappa shape index (κ2) is 28.6. The number of hydrogen-bond acceptors (Lipinski definition) is 15. The summed E-state index contributed by atoms with van der Waals surface area (Å²) in [7, 11) is 3.66. The number of H-pyrrole nitrogens is 2. The van der Waals surface area contributed by atoms with Crippen LogP contribution in [0, 0.1) is 5.92 Å². The van der Waals surface area contributed by atoms with Crippen molar-refractivity contribution < 1.29 is 52.4 Å². The molecule has 2 aliphatic heterocycles. The number of unbranched alkanes of at least 4 members (excludes halogenated alkanes) is 4. The minimum absolute atomic E-state index is 0.0168. The van der Waals surface area contributed by atoms with E-state index in [0.717, 1.165) is 32.1 Å². The molecule has 1 unspecified atom stereocenters. The molecule has 2 aromatic heterocycles. The first-order valence-electron chi connectivity index (χ1n) is 23.3. The van der Waals surface area contributed by atoms with Gasteiger partial charge in [-0.2, -0.15) is 4.98 Å². The fraction of sp³-hybridized carbons (Fsp3) is 0.638. The number of amides is 2. The molecule has 8 atom stereocenters. The maximum absolute atomic E-state index is 13.0. The van der Waals surface area contributed by atoms with E-state index in [1.807, 2.05) is 40.9 Å². The molecule has 67 heavy (non-hydrogen) atoms. The summed E-state index contributed by atoms with van der Waals surface area (Å²) in [6.07, 6.45) is 7.22. The molecule has 4 heterocycles. The van der Waals surface area contributed by atoms with E-state index in [4.69, 9.17) is 28.4 Å². The number of Topliss-reactive ketones (excluding diaryl/α,β-unsaturated/α-hetero) is 1. The molecule has 3 aromatic rings. The van der Waals surface area contributed by atoms with Crippen LogP contribution in [0.5, 0.6) is 0 Å². The summed E-state index contributed by atoms with van der Waals surface area (Å²) >= 11 is 0. The molecule has 0 bridgehead atoms. The van der Waals surface area contributed by atoms with Crippen LogP contribution in [-0.4, -0.2) is 144 Å². The Morgan fingerprint density at radius 2 is 1.61 bits per heavy atom. The van der Waals surface area contributed by atoms with E-state index < -0.39 is 36.5 Å². The zero-order chi connectivity index (χ0) is 48.7. The van der Waals surface area contributed by atoms with Gasteiger partial charge in [0.25, 0.3) is 5.56 Å². The van der Waals surface area contributed by atoms with Crippen LogP contribution in [-0.2, 0) is 47.6 Å². The minimum atomic E-state index is -0.806. The number of rotatable bonds is 25. The molecule has 2 aliphatic rings. The molecule has 0 aliphatic carbocycles. The Hall–Kier alpha value is -5.57. The second-order valence-electron chi connectivity index (χ2n) is 16.9. The molecular formula is C47H70N8O12. The van der Waals surface area contributed by atoms with Crippen LogP contribution in [0.15, 0.2) is 46.4 Å². The van der Waals surface area contributed by atoms with Gasteiger partial charge in [0.15, 0.2) is 23.6 Å². The Bertz CT molecular complexity index is 2100. The molecule has 0 saturated carbocycles. The number of ether oxygens (including phenoxy) is 6. The van der Waals surface area contributed by atoms with Crippen LogP contribution in [0.3, 0.4) is 0 Å². The van der Waals surface area contributed by atoms with Crippen molar-refractivity contribution in [2.75, 3.05) is 40.5 Å². The predicted octanol–water partition coefficient (Wildman–Crippen LogP) is 4.69. The molecule has 370 valence electrons. The molecule has 20 heteroatoms. The van der Waals surface area contributed by atoms with Crippen LogP contribution in [0.1, 0.15) is 116 Å². The number of nitrogens with zero attached hydrogens (tertiary/aromatic N) is 4. The average molecular weight is 939 g/mol. The van der Waals surface area contributed by atoms with E-state index in [0.29, 0.717) is 68.8 Å². The van der Waals surface area contributed by atoms with Gasteiger partial charge in [0, 0.05) is 59.5 Å². The molecule has 0 spiro atoms. The van der Waals surface area contributed by atoms with Gasteiger partial charge >= 0.3 is 11.9 Å². The molecule has 0 radical (unpaired) electrons. The average Bonchev–Trinajstić information content (AvgIpc) is 3.94. The summed E-state index contributed by atoms with van der Waals surface area (Å²) in [4.78, 5) is 91.1. The Balaban J connectivity index is 0.000000547. The smallest absolute Gasteiger partial charge is 0.338 e. The van der Waals surface area contributed by atoms with Gasteiger partial charge in [0.1, 0.15) is 24.0 Å². The third kappa shape index (κ3) is 18.2. The summed E-state index contributed by atoms with van der Waals surface area (Å²) in [5.74, 6) is -1.16. The van der Waals surface area contributed by atoms with Gasteiger partial charge in [-0.15, -0.1) is 0 Å². The molecule has 1 aromatic carbocycles. The van der Waals surface area contributed by atoms with E-state index in [1.54, 1.807) is 35.5 Å². The molecule has 2 saturated heterocycles. The second-order valence-corrected chi connectivity index (χ2v) is 16.9. The number of aromatic amines is 2. The monoisotopic (exact) mass is 939 g/mol. The number of aromatic nitrogens is 4. The number of hydrogen-bond donors (Lipinski definition) is 4. The van der Waals surface area contributed by atoms with Crippen LogP contribution >= 0.6 is 0 Å². The fourth-order valence-electron chi connectivity index (χ4n) is 7.60. The first-order chi connectivity index (χ1) is 32.2. The summed E-state index contributed by atoms with van der Waals surface area (Å²) in [5, 5.41) is 5.86. The Morgan fingerprint density at radius 3 is 2.31 bits per heavy atom. The van der Waals surface area contributed by atoms with Crippen molar-refractivity contribution in [3.05, 3.63) is 52.6 Å². The summed E-state index contributed by atoms with van der Waals surface area (Å²) in [5.41, 5.74) is 0.878. The third-order valence-corrected chi connectivity index (χ3v) is 11.1. The zero-order valence-corrected chi connectivity index (χ0v) is 40.0. The normalized spacial score (nSPS) is 22.4. The molecule has 5 rings (SSSR count). The Morgan fingerprint density at radius 1 is 0.896 bits per heavy atom. The van der Waals surface area contributed by atoms with E-state index in [-0.39, 0.29) is 66.2 Å². The lowest BCUT2D eigenvalue weighted by Gasteiger charge is -2.45. The van der Waals surface area contributed by atoms with Crippen molar-refractivity contribution in [2.45, 2.75) is 148 Å². The van der Waals surface area contributed by atoms with E-state index >= 15 is 0 Å². The number of nitrogens with one attached hydrogen (secondary N) is 4. The number of fused-ring (bicyclic) bond motifs is 1. The first-order valence-corrected chi connectivity index (χ1v) is 23.3. The van der Waals surface area contributed by atoms with Gasteiger partial charge in [-0.05, 0) is 57.6 Å². The highest BCUT2D eigenvalue weighted by molar-refractivity contribution is 5.89. The van der Waals surface area contributed by atoms with Gasteiger partial charge in [-0.3, -0.25) is 24.2 Å². The highest BCUT2D eigenvalue weighted by atomic mass is 16.7. The summed E-state index contributed by atoms with van der Waals surface area (Å²) in [6, 6.07) is 8.05. The Kier molecular flexibility index (Phi) is 23.0. The maximum atomic E-state index is 13.0. The lowest BCUT2D eigenvalue weighted by Crippen LogP contribution is -2.62. The lowest BCUT2D eigenvalue weighted by atomic mass is 9.87. The largest absolute Gasteiger partial charge is 0.457 e. The van der Waals surface area contributed by atoms with Crippen molar-refractivity contribution in [3.8, 4) is 0 Å². The van der Waals surface area contributed by atoms with Gasteiger partial charge in [0.2, 0.25) is 17.8 Å². The molecular weight excluding hydrogens is 869 g/mol. The first kappa shape index (κ1) is 54.0. The van der Waals surface area contributed by atoms with Crippen molar-refractivity contribution in [1.82, 2.24) is 35.5 Å². The number of ketones is 1. The molecule has 2 fully saturated rings. The zero-order valence-electron chi connectivity index (χ0n) is 40.0. The van der Waals surface area contributed by atoms with E-state index in [9.17, 15) is 28.8 Å². The topological polar surface area (TPSA) is 255 Å².